The van der Waals surface area contributed by atoms with Gasteiger partial charge in [-0.2, -0.15) is 0 Å². The lowest BCUT2D eigenvalue weighted by Crippen LogP contribution is -2.50. The van der Waals surface area contributed by atoms with Crippen molar-refractivity contribution in [3.05, 3.63) is 22.4 Å². The number of hydrogen-bond acceptors (Lipinski definition) is 4. The van der Waals surface area contributed by atoms with E-state index in [0.29, 0.717) is 11.3 Å². The molecule has 4 nitrogen and oxygen atoms in total. The Morgan fingerprint density at radius 1 is 1.29 bits per heavy atom. The van der Waals surface area contributed by atoms with Crippen molar-refractivity contribution >= 4 is 17.2 Å². The van der Waals surface area contributed by atoms with Crippen LogP contribution in [-0.2, 0) is 9.47 Å². The molecular weight excluding hydrogens is 322 g/mol. The quantitative estimate of drug-likeness (QED) is 0.817. The Labute approximate surface area is 148 Å². The summed E-state index contributed by atoms with van der Waals surface area (Å²) in [5, 5.41) is 1.98. The second-order valence-corrected chi connectivity index (χ2v) is 8.58. The minimum absolute atomic E-state index is 0.202. The van der Waals surface area contributed by atoms with Crippen molar-refractivity contribution in [1.82, 2.24) is 4.90 Å². The minimum atomic E-state index is 0.202. The third-order valence-electron chi connectivity index (χ3n) is 6.08. The van der Waals surface area contributed by atoms with E-state index >= 15 is 0 Å². The van der Waals surface area contributed by atoms with Crippen molar-refractivity contribution in [3.63, 3.8) is 0 Å². The van der Waals surface area contributed by atoms with Crippen LogP contribution in [0, 0.1) is 17.3 Å². The van der Waals surface area contributed by atoms with Crippen molar-refractivity contribution in [1.29, 1.82) is 0 Å². The Balaban J connectivity index is 1.34. The van der Waals surface area contributed by atoms with E-state index in [-0.39, 0.29) is 5.91 Å². The Morgan fingerprint density at radius 3 is 2.83 bits per heavy atom. The molecule has 132 valence electrons. The fraction of sp³-hybridized carbons (Fsp3) is 0.737. The highest BCUT2D eigenvalue weighted by Crippen LogP contribution is 2.45. The maximum atomic E-state index is 12.6. The molecule has 0 bridgehead atoms. The van der Waals surface area contributed by atoms with Gasteiger partial charge in [-0.05, 0) is 54.9 Å². The molecule has 2 aliphatic heterocycles. The third-order valence-corrected chi connectivity index (χ3v) is 6.94. The van der Waals surface area contributed by atoms with E-state index in [0.717, 1.165) is 69.6 Å². The van der Waals surface area contributed by atoms with Crippen molar-refractivity contribution in [2.75, 3.05) is 39.5 Å². The maximum Gasteiger partial charge on any atom is 0.263 e. The number of thiophene rings is 1. The van der Waals surface area contributed by atoms with Gasteiger partial charge in [0.15, 0.2) is 0 Å². The molecule has 1 amide bonds. The highest BCUT2D eigenvalue weighted by atomic mass is 32.1. The van der Waals surface area contributed by atoms with Gasteiger partial charge in [0.25, 0.3) is 5.91 Å². The standard InChI is InChI=1S/C19H27NO3S/c21-18(17-2-1-11-24-17)20-8-5-19(6-9-20)7-10-22-13-16(19)14-23-12-15-3-4-15/h1-2,11,15-16H,3-10,12-14H2/t16-/m1/s1. The predicted octanol–water partition coefficient (Wildman–Crippen LogP) is 3.43. The van der Waals surface area contributed by atoms with Gasteiger partial charge < -0.3 is 14.4 Å². The van der Waals surface area contributed by atoms with Crippen LogP contribution in [0.1, 0.15) is 41.8 Å². The first kappa shape index (κ1) is 16.6. The average molecular weight is 349 g/mol. The highest BCUT2D eigenvalue weighted by Gasteiger charge is 2.44. The average Bonchev–Trinajstić information content (AvgIpc) is 3.27. The molecule has 0 aromatic carbocycles. The topological polar surface area (TPSA) is 38.8 Å². The van der Waals surface area contributed by atoms with Gasteiger partial charge in [-0.1, -0.05) is 6.07 Å². The number of carbonyl (C=O) groups excluding carboxylic acids is 1. The summed E-state index contributed by atoms with van der Waals surface area (Å²) < 4.78 is 11.8. The van der Waals surface area contributed by atoms with Crippen molar-refractivity contribution in [2.24, 2.45) is 17.3 Å². The van der Waals surface area contributed by atoms with Crippen LogP contribution in [0.25, 0.3) is 0 Å². The van der Waals surface area contributed by atoms with Crippen LogP contribution in [0.5, 0.6) is 0 Å². The molecule has 2 saturated heterocycles. The van der Waals surface area contributed by atoms with Gasteiger partial charge in [0.05, 0.1) is 18.1 Å². The number of hydrogen-bond donors (Lipinski definition) is 0. The number of carbonyl (C=O) groups is 1. The Kier molecular flexibility index (Phi) is 4.93. The molecule has 1 saturated carbocycles. The van der Waals surface area contributed by atoms with E-state index < -0.39 is 0 Å². The van der Waals surface area contributed by atoms with Crippen LogP contribution in [0.3, 0.4) is 0 Å². The van der Waals surface area contributed by atoms with E-state index in [2.05, 4.69) is 0 Å². The molecule has 3 aliphatic rings. The van der Waals surface area contributed by atoms with E-state index in [4.69, 9.17) is 9.47 Å². The second kappa shape index (κ2) is 7.14. The second-order valence-electron chi connectivity index (χ2n) is 7.63. The van der Waals surface area contributed by atoms with Crippen LogP contribution < -0.4 is 0 Å². The zero-order valence-corrected chi connectivity index (χ0v) is 15.1. The lowest BCUT2D eigenvalue weighted by molar-refractivity contribution is -0.0975. The van der Waals surface area contributed by atoms with E-state index in [9.17, 15) is 4.79 Å². The van der Waals surface area contributed by atoms with Gasteiger partial charge in [-0.15, -0.1) is 11.3 Å². The number of rotatable bonds is 5. The molecule has 1 aliphatic carbocycles. The number of amides is 1. The largest absolute Gasteiger partial charge is 0.381 e. The molecule has 1 aromatic heterocycles. The van der Waals surface area contributed by atoms with E-state index in [1.54, 1.807) is 11.3 Å². The summed E-state index contributed by atoms with van der Waals surface area (Å²) >= 11 is 1.54. The molecule has 0 N–H and O–H groups in total. The van der Waals surface area contributed by atoms with Crippen LogP contribution in [0.15, 0.2) is 17.5 Å². The Morgan fingerprint density at radius 2 is 2.12 bits per heavy atom. The van der Waals surface area contributed by atoms with Crippen LogP contribution in [-0.4, -0.2) is 50.3 Å². The molecule has 1 spiro atoms. The number of ether oxygens (including phenoxy) is 2. The van der Waals surface area contributed by atoms with Gasteiger partial charge in [0.1, 0.15) is 0 Å². The summed E-state index contributed by atoms with van der Waals surface area (Å²) in [5.41, 5.74) is 0.314. The third kappa shape index (κ3) is 3.53. The highest BCUT2D eigenvalue weighted by molar-refractivity contribution is 7.12. The molecule has 4 rings (SSSR count). The smallest absolute Gasteiger partial charge is 0.263 e. The molecule has 5 heteroatoms. The Bertz CT molecular complexity index is 547. The van der Waals surface area contributed by atoms with E-state index in [1.807, 2.05) is 22.4 Å². The van der Waals surface area contributed by atoms with Crippen LogP contribution in [0.4, 0.5) is 0 Å². The van der Waals surface area contributed by atoms with Gasteiger partial charge >= 0.3 is 0 Å². The van der Waals surface area contributed by atoms with E-state index in [1.165, 1.54) is 12.8 Å². The first-order chi connectivity index (χ1) is 11.8. The number of likely N-dealkylation sites (tertiary alicyclic amines) is 1. The molecular formula is C19H27NO3S. The Hall–Kier alpha value is -0.910. The van der Waals surface area contributed by atoms with Gasteiger partial charge in [0.2, 0.25) is 0 Å². The minimum Gasteiger partial charge on any atom is -0.381 e. The summed E-state index contributed by atoms with van der Waals surface area (Å²) in [7, 11) is 0. The van der Waals surface area contributed by atoms with Gasteiger partial charge in [-0.25, -0.2) is 0 Å². The zero-order valence-electron chi connectivity index (χ0n) is 14.2. The first-order valence-corrected chi connectivity index (χ1v) is 10.1. The van der Waals surface area contributed by atoms with Crippen LogP contribution in [0.2, 0.25) is 0 Å². The fourth-order valence-electron chi connectivity index (χ4n) is 4.14. The van der Waals surface area contributed by atoms with Crippen LogP contribution >= 0.6 is 11.3 Å². The molecule has 3 fully saturated rings. The molecule has 0 radical (unpaired) electrons. The first-order valence-electron chi connectivity index (χ1n) is 9.25. The van der Waals surface area contributed by atoms with Gasteiger partial charge in [0, 0.05) is 32.2 Å². The maximum absolute atomic E-state index is 12.6. The summed E-state index contributed by atoms with van der Waals surface area (Å²) in [5.74, 6) is 1.51. The number of piperidine rings is 1. The molecule has 0 unspecified atom stereocenters. The predicted molar refractivity (Wildman–Crippen MR) is 94.4 cm³/mol. The fourth-order valence-corrected chi connectivity index (χ4v) is 4.83. The normalized spacial score (nSPS) is 26.7. The lowest BCUT2D eigenvalue weighted by atomic mass is 9.66. The number of nitrogens with zero attached hydrogens (tertiary/aromatic N) is 1. The molecule has 1 atom stereocenters. The molecule has 3 heterocycles. The van der Waals surface area contributed by atoms with Crippen molar-refractivity contribution in [3.8, 4) is 0 Å². The zero-order chi connectivity index (χ0) is 16.4. The summed E-state index contributed by atoms with van der Waals surface area (Å²) in [6, 6.07) is 3.88. The SMILES string of the molecule is O=C(c1cccs1)N1CCC2(CCOC[C@@H]2COCC2CC2)CC1. The van der Waals surface area contributed by atoms with Crippen molar-refractivity contribution < 1.29 is 14.3 Å². The monoisotopic (exact) mass is 349 g/mol. The van der Waals surface area contributed by atoms with Gasteiger partial charge in [-0.3, -0.25) is 4.79 Å². The molecule has 1 aromatic rings. The summed E-state index contributed by atoms with van der Waals surface area (Å²) in [6.07, 6.45) is 5.97. The lowest BCUT2D eigenvalue weighted by Gasteiger charge is -2.49. The summed E-state index contributed by atoms with van der Waals surface area (Å²) in [4.78, 5) is 15.5. The van der Waals surface area contributed by atoms with Crippen molar-refractivity contribution in [2.45, 2.75) is 32.1 Å². The molecule has 24 heavy (non-hydrogen) atoms. The summed E-state index contributed by atoms with van der Waals surface area (Å²) in [6.45, 7) is 5.18.